The Morgan fingerprint density at radius 3 is 2.47 bits per heavy atom. The van der Waals surface area contributed by atoms with Crippen LogP contribution in [-0.4, -0.2) is 13.6 Å². The van der Waals surface area contributed by atoms with Crippen LogP contribution in [0, 0.1) is 18.8 Å². The molecule has 0 aromatic carbocycles. The average molecular weight is 226 g/mol. The standard InChI is InChI=1S/C12H22N2S/c1-8(2)10(7-13)11(14-4)12-9(3)5-6-15-12/h5-6,8,10-11,14H,7,13H2,1-4H3. The number of thiophene rings is 1. The molecule has 0 saturated carbocycles. The maximum Gasteiger partial charge on any atom is 0.0458 e. The van der Waals surface area contributed by atoms with Crippen LogP contribution in [0.25, 0.3) is 0 Å². The fourth-order valence-corrected chi connectivity index (χ4v) is 3.15. The third-order valence-corrected chi connectivity index (χ3v) is 4.15. The second kappa shape index (κ2) is 5.64. The summed E-state index contributed by atoms with van der Waals surface area (Å²) in [7, 11) is 2.02. The zero-order valence-electron chi connectivity index (χ0n) is 10.1. The number of aryl methyl sites for hydroxylation is 1. The molecule has 3 N–H and O–H groups in total. The molecule has 0 aliphatic rings. The minimum atomic E-state index is 0.398. The van der Waals surface area contributed by atoms with Crippen molar-refractivity contribution in [3.63, 3.8) is 0 Å². The van der Waals surface area contributed by atoms with Gasteiger partial charge >= 0.3 is 0 Å². The largest absolute Gasteiger partial charge is 0.330 e. The number of hydrogen-bond acceptors (Lipinski definition) is 3. The SMILES string of the molecule is CNC(c1sccc1C)C(CN)C(C)C. The highest BCUT2D eigenvalue weighted by Crippen LogP contribution is 2.32. The normalized spacial score (nSPS) is 15.6. The van der Waals surface area contributed by atoms with E-state index in [0.717, 1.165) is 6.54 Å². The van der Waals surface area contributed by atoms with Crippen LogP contribution in [0.4, 0.5) is 0 Å². The van der Waals surface area contributed by atoms with Crippen molar-refractivity contribution in [3.05, 3.63) is 21.9 Å². The van der Waals surface area contributed by atoms with Crippen molar-refractivity contribution in [2.24, 2.45) is 17.6 Å². The molecule has 2 unspecified atom stereocenters. The Hall–Kier alpha value is -0.380. The van der Waals surface area contributed by atoms with Gasteiger partial charge in [0.2, 0.25) is 0 Å². The van der Waals surface area contributed by atoms with Gasteiger partial charge in [0.15, 0.2) is 0 Å². The van der Waals surface area contributed by atoms with E-state index in [0.29, 0.717) is 17.9 Å². The van der Waals surface area contributed by atoms with Gasteiger partial charge in [0.05, 0.1) is 0 Å². The van der Waals surface area contributed by atoms with Crippen LogP contribution < -0.4 is 11.1 Å². The number of hydrogen-bond donors (Lipinski definition) is 2. The van der Waals surface area contributed by atoms with E-state index in [1.54, 1.807) is 0 Å². The molecule has 0 bridgehead atoms. The predicted octanol–water partition coefficient (Wildman–Crippen LogP) is 2.55. The molecule has 0 spiro atoms. The summed E-state index contributed by atoms with van der Waals surface area (Å²) < 4.78 is 0. The third kappa shape index (κ3) is 2.80. The Labute approximate surface area is 96.9 Å². The minimum Gasteiger partial charge on any atom is -0.330 e. The molecule has 1 aromatic rings. The van der Waals surface area contributed by atoms with Crippen LogP contribution in [0.5, 0.6) is 0 Å². The Balaban J connectivity index is 2.92. The van der Waals surface area contributed by atoms with Crippen molar-refractivity contribution in [1.82, 2.24) is 5.32 Å². The second-order valence-corrected chi connectivity index (χ2v) is 5.33. The van der Waals surface area contributed by atoms with Gasteiger partial charge in [-0.1, -0.05) is 13.8 Å². The molecule has 0 aliphatic heterocycles. The van der Waals surface area contributed by atoms with Crippen molar-refractivity contribution in [1.29, 1.82) is 0 Å². The van der Waals surface area contributed by atoms with Crippen LogP contribution in [0.2, 0.25) is 0 Å². The number of nitrogens with two attached hydrogens (primary N) is 1. The van der Waals surface area contributed by atoms with E-state index in [1.165, 1.54) is 10.4 Å². The highest BCUT2D eigenvalue weighted by molar-refractivity contribution is 7.10. The van der Waals surface area contributed by atoms with Crippen molar-refractivity contribution < 1.29 is 0 Å². The van der Waals surface area contributed by atoms with E-state index in [2.05, 4.69) is 37.5 Å². The fourth-order valence-electron chi connectivity index (χ4n) is 2.04. The van der Waals surface area contributed by atoms with Gasteiger partial charge in [-0.05, 0) is 49.4 Å². The lowest BCUT2D eigenvalue weighted by Gasteiger charge is -2.28. The summed E-state index contributed by atoms with van der Waals surface area (Å²) in [5.74, 6) is 1.11. The zero-order chi connectivity index (χ0) is 11.4. The van der Waals surface area contributed by atoms with E-state index in [1.807, 2.05) is 18.4 Å². The first-order valence-corrected chi connectivity index (χ1v) is 6.41. The number of nitrogens with one attached hydrogen (secondary N) is 1. The molecular formula is C12H22N2S. The Morgan fingerprint density at radius 1 is 1.47 bits per heavy atom. The maximum absolute atomic E-state index is 5.87. The molecule has 1 rings (SSSR count). The quantitative estimate of drug-likeness (QED) is 0.810. The molecule has 1 heterocycles. The van der Waals surface area contributed by atoms with Crippen LogP contribution in [0.3, 0.4) is 0 Å². The highest BCUT2D eigenvalue weighted by atomic mass is 32.1. The average Bonchev–Trinajstić information content (AvgIpc) is 2.60. The molecule has 15 heavy (non-hydrogen) atoms. The minimum absolute atomic E-state index is 0.398. The summed E-state index contributed by atoms with van der Waals surface area (Å²) in [4.78, 5) is 1.43. The lowest BCUT2D eigenvalue weighted by molar-refractivity contribution is 0.301. The molecule has 0 amide bonds. The monoisotopic (exact) mass is 226 g/mol. The first-order valence-electron chi connectivity index (χ1n) is 5.53. The topological polar surface area (TPSA) is 38.0 Å². The molecule has 0 fully saturated rings. The van der Waals surface area contributed by atoms with E-state index in [-0.39, 0.29) is 0 Å². The Kier molecular flexibility index (Phi) is 4.77. The molecule has 0 radical (unpaired) electrons. The van der Waals surface area contributed by atoms with Gasteiger partial charge in [0.1, 0.15) is 0 Å². The second-order valence-electron chi connectivity index (χ2n) is 4.38. The van der Waals surface area contributed by atoms with Crippen molar-refractivity contribution in [2.75, 3.05) is 13.6 Å². The fraction of sp³-hybridized carbons (Fsp3) is 0.667. The predicted molar refractivity (Wildman–Crippen MR) is 68.2 cm³/mol. The number of rotatable bonds is 5. The van der Waals surface area contributed by atoms with Gasteiger partial charge in [0, 0.05) is 10.9 Å². The Bertz CT molecular complexity index is 294. The summed E-state index contributed by atoms with van der Waals surface area (Å²) in [5.41, 5.74) is 7.24. The van der Waals surface area contributed by atoms with Crippen molar-refractivity contribution in [2.45, 2.75) is 26.8 Å². The highest BCUT2D eigenvalue weighted by Gasteiger charge is 2.25. The molecule has 0 saturated heterocycles. The van der Waals surface area contributed by atoms with Gasteiger partial charge in [-0.3, -0.25) is 0 Å². The van der Waals surface area contributed by atoms with Crippen LogP contribution in [0.1, 0.15) is 30.3 Å². The zero-order valence-corrected chi connectivity index (χ0v) is 10.9. The molecular weight excluding hydrogens is 204 g/mol. The van der Waals surface area contributed by atoms with Crippen LogP contribution in [0.15, 0.2) is 11.4 Å². The van der Waals surface area contributed by atoms with Gasteiger partial charge in [-0.15, -0.1) is 11.3 Å². The van der Waals surface area contributed by atoms with Crippen LogP contribution >= 0.6 is 11.3 Å². The summed E-state index contributed by atoms with van der Waals surface area (Å²) in [6, 6.07) is 2.58. The van der Waals surface area contributed by atoms with E-state index < -0.39 is 0 Å². The smallest absolute Gasteiger partial charge is 0.0458 e. The summed E-state index contributed by atoms with van der Waals surface area (Å²) in [6.45, 7) is 7.39. The van der Waals surface area contributed by atoms with Gasteiger partial charge in [-0.25, -0.2) is 0 Å². The third-order valence-electron chi connectivity index (χ3n) is 3.05. The van der Waals surface area contributed by atoms with E-state index >= 15 is 0 Å². The first-order chi connectivity index (χ1) is 7.11. The van der Waals surface area contributed by atoms with E-state index in [9.17, 15) is 0 Å². The van der Waals surface area contributed by atoms with E-state index in [4.69, 9.17) is 5.73 Å². The van der Waals surface area contributed by atoms with Gasteiger partial charge in [-0.2, -0.15) is 0 Å². The summed E-state index contributed by atoms with van der Waals surface area (Å²) in [6.07, 6.45) is 0. The van der Waals surface area contributed by atoms with Gasteiger partial charge < -0.3 is 11.1 Å². The lowest BCUT2D eigenvalue weighted by atomic mass is 9.87. The molecule has 0 aliphatic carbocycles. The lowest BCUT2D eigenvalue weighted by Crippen LogP contribution is -2.33. The molecule has 2 nitrogen and oxygen atoms in total. The summed E-state index contributed by atoms with van der Waals surface area (Å²) in [5, 5.41) is 5.56. The van der Waals surface area contributed by atoms with Crippen molar-refractivity contribution in [3.8, 4) is 0 Å². The van der Waals surface area contributed by atoms with Gasteiger partial charge in [0.25, 0.3) is 0 Å². The molecule has 1 aromatic heterocycles. The molecule has 86 valence electrons. The van der Waals surface area contributed by atoms with Crippen LogP contribution in [-0.2, 0) is 0 Å². The first kappa shape index (κ1) is 12.7. The maximum atomic E-state index is 5.87. The molecule has 2 atom stereocenters. The van der Waals surface area contributed by atoms with Crippen molar-refractivity contribution >= 4 is 11.3 Å². The Morgan fingerprint density at radius 2 is 2.13 bits per heavy atom. The summed E-state index contributed by atoms with van der Waals surface area (Å²) >= 11 is 1.83. The molecule has 3 heteroatoms.